The maximum Gasteiger partial charge on any atom is 0.255 e. The van der Waals surface area contributed by atoms with E-state index in [2.05, 4.69) is 27.9 Å². The molecule has 19 heavy (non-hydrogen) atoms. The molecule has 0 radical (unpaired) electrons. The highest BCUT2D eigenvalue weighted by Gasteiger charge is 2.10. The molecule has 0 unspecified atom stereocenters. The molecule has 2 aromatic carbocycles. The van der Waals surface area contributed by atoms with Gasteiger partial charge in [0.15, 0.2) is 0 Å². The van der Waals surface area contributed by atoms with E-state index in [0.29, 0.717) is 5.56 Å². The van der Waals surface area contributed by atoms with Crippen molar-refractivity contribution in [2.45, 2.75) is 6.92 Å². The Morgan fingerprint density at radius 3 is 2.53 bits per heavy atom. The minimum Gasteiger partial charge on any atom is -0.319 e. The van der Waals surface area contributed by atoms with E-state index >= 15 is 0 Å². The Labute approximate surface area is 123 Å². The summed E-state index contributed by atoms with van der Waals surface area (Å²) >= 11 is 2.12. The first-order chi connectivity index (χ1) is 8.97. The average molecular weight is 373 g/mol. The Morgan fingerprint density at radius 2 is 1.89 bits per heavy atom. The quantitative estimate of drug-likeness (QED) is 0.789. The molecule has 0 aliphatic heterocycles. The Morgan fingerprint density at radius 1 is 1.16 bits per heavy atom. The second-order valence-electron chi connectivity index (χ2n) is 4.04. The Bertz CT molecular complexity index is 643. The van der Waals surface area contributed by atoms with Crippen LogP contribution >= 0.6 is 22.6 Å². The van der Waals surface area contributed by atoms with Crippen LogP contribution in [-0.2, 0) is 0 Å². The summed E-state index contributed by atoms with van der Waals surface area (Å²) in [4.78, 5) is 11.9. The number of amides is 1. The molecule has 0 heterocycles. The predicted octanol–water partition coefficient (Wildman–Crippen LogP) is 4.13. The minimum atomic E-state index is -0.796. The van der Waals surface area contributed by atoms with Crippen molar-refractivity contribution >= 4 is 34.2 Å². The van der Waals surface area contributed by atoms with Crippen LogP contribution in [-0.4, -0.2) is 5.91 Å². The van der Waals surface area contributed by atoms with Gasteiger partial charge < -0.3 is 5.32 Å². The van der Waals surface area contributed by atoms with E-state index in [0.717, 1.165) is 21.3 Å². The maximum atomic E-state index is 13.4. The fourth-order valence-corrected chi connectivity index (χ4v) is 2.03. The highest BCUT2D eigenvalue weighted by molar-refractivity contribution is 14.1. The molecule has 0 saturated heterocycles. The second kappa shape index (κ2) is 5.64. The molecule has 0 bridgehead atoms. The summed E-state index contributed by atoms with van der Waals surface area (Å²) in [7, 11) is 0. The number of hydrogen-bond acceptors (Lipinski definition) is 1. The molecule has 0 aliphatic rings. The average Bonchev–Trinajstić information content (AvgIpc) is 2.36. The Balaban J connectivity index is 2.23. The van der Waals surface area contributed by atoms with Gasteiger partial charge in [-0.25, -0.2) is 8.78 Å². The fraction of sp³-hybridized carbons (Fsp3) is 0.0714. The third-order valence-electron chi connectivity index (χ3n) is 2.61. The standard InChI is InChI=1S/C14H10F2INO/c1-8-2-3-9(6-12(8)17)14(19)18-13-5-4-10(15)7-11(13)16/h2-7H,1H3,(H,18,19). The summed E-state index contributed by atoms with van der Waals surface area (Å²) in [5.74, 6) is -1.90. The van der Waals surface area contributed by atoms with Crippen molar-refractivity contribution in [1.29, 1.82) is 0 Å². The Hall–Kier alpha value is -1.50. The SMILES string of the molecule is Cc1ccc(C(=O)Nc2ccc(F)cc2F)cc1I. The third-order valence-corrected chi connectivity index (χ3v) is 3.78. The van der Waals surface area contributed by atoms with Crippen molar-refractivity contribution in [1.82, 2.24) is 0 Å². The van der Waals surface area contributed by atoms with Gasteiger partial charge in [0.05, 0.1) is 5.69 Å². The van der Waals surface area contributed by atoms with Crippen LogP contribution in [0, 0.1) is 22.1 Å². The normalized spacial score (nSPS) is 10.3. The summed E-state index contributed by atoms with van der Waals surface area (Å²) < 4.78 is 27.1. The largest absolute Gasteiger partial charge is 0.319 e. The minimum absolute atomic E-state index is 0.0398. The summed E-state index contributed by atoms with van der Waals surface area (Å²) in [6.07, 6.45) is 0. The molecular formula is C14H10F2INO. The summed E-state index contributed by atoms with van der Waals surface area (Å²) in [6, 6.07) is 8.21. The summed E-state index contributed by atoms with van der Waals surface area (Å²) in [5.41, 5.74) is 1.45. The fourth-order valence-electron chi connectivity index (χ4n) is 1.52. The number of aryl methyl sites for hydroxylation is 1. The zero-order chi connectivity index (χ0) is 14.0. The number of hydrogen-bond donors (Lipinski definition) is 1. The first-order valence-electron chi connectivity index (χ1n) is 5.50. The lowest BCUT2D eigenvalue weighted by Gasteiger charge is -2.07. The van der Waals surface area contributed by atoms with E-state index in [-0.39, 0.29) is 5.69 Å². The van der Waals surface area contributed by atoms with Gasteiger partial charge in [-0.2, -0.15) is 0 Å². The van der Waals surface area contributed by atoms with Gasteiger partial charge in [0.2, 0.25) is 0 Å². The first kappa shape index (κ1) is 13.9. The monoisotopic (exact) mass is 373 g/mol. The van der Waals surface area contributed by atoms with E-state index in [1.54, 1.807) is 12.1 Å². The molecule has 1 amide bonds. The zero-order valence-electron chi connectivity index (χ0n) is 10.0. The van der Waals surface area contributed by atoms with Gasteiger partial charge in [0.25, 0.3) is 5.91 Å². The van der Waals surface area contributed by atoms with Crippen LogP contribution in [0.4, 0.5) is 14.5 Å². The molecule has 2 nitrogen and oxygen atoms in total. The van der Waals surface area contributed by atoms with Crippen molar-refractivity contribution in [3.8, 4) is 0 Å². The molecule has 98 valence electrons. The highest BCUT2D eigenvalue weighted by atomic mass is 127. The first-order valence-corrected chi connectivity index (χ1v) is 6.58. The van der Waals surface area contributed by atoms with Crippen LogP contribution in [0.25, 0.3) is 0 Å². The van der Waals surface area contributed by atoms with E-state index in [4.69, 9.17) is 0 Å². The number of benzene rings is 2. The number of carbonyl (C=O) groups is 1. The van der Waals surface area contributed by atoms with Gasteiger partial charge in [-0.1, -0.05) is 6.07 Å². The van der Waals surface area contributed by atoms with Crippen LogP contribution in [0.5, 0.6) is 0 Å². The van der Waals surface area contributed by atoms with Crippen molar-refractivity contribution in [2.75, 3.05) is 5.32 Å². The molecule has 0 spiro atoms. The lowest BCUT2D eigenvalue weighted by Crippen LogP contribution is -2.13. The summed E-state index contributed by atoms with van der Waals surface area (Å²) in [6.45, 7) is 1.93. The molecule has 2 aromatic rings. The van der Waals surface area contributed by atoms with Crippen molar-refractivity contribution in [2.24, 2.45) is 0 Å². The molecule has 0 aromatic heterocycles. The molecule has 0 aliphatic carbocycles. The predicted molar refractivity (Wildman–Crippen MR) is 78.2 cm³/mol. The van der Waals surface area contributed by atoms with E-state index in [1.807, 2.05) is 13.0 Å². The van der Waals surface area contributed by atoms with E-state index < -0.39 is 17.5 Å². The van der Waals surface area contributed by atoms with Crippen LogP contribution in [0.15, 0.2) is 36.4 Å². The smallest absolute Gasteiger partial charge is 0.255 e. The van der Waals surface area contributed by atoms with E-state index in [1.165, 1.54) is 6.07 Å². The second-order valence-corrected chi connectivity index (χ2v) is 5.20. The van der Waals surface area contributed by atoms with Crippen LogP contribution in [0.3, 0.4) is 0 Å². The van der Waals surface area contributed by atoms with Crippen LogP contribution in [0.1, 0.15) is 15.9 Å². The summed E-state index contributed by atoms with van der Waals surface area (Å²) in [5, 5.41) is 2.42. The van der Waals surface area contributed by atoms with Gasteiger partial charge in [-0.05, 0) is 59.3 Å². The molecule has 0 saturated carbocycles. The molecular weight excluding hydrogens is 363 g/mol. The van der Waals surface area contributed by atoms with Gasteiger partial charge in [0.1, 0.15) is 11.6 Å². The molecule has 2 rings (SSSR count). The number of anilines is 1. The number of halogens is 3. The van der Waals surface area contributed by atoms with Crippen molar-refractivity contribution < 1.29 is 13.6 Å². The van der Waals surface area contributed by atoms with E-state index in [9.17, 15) is 13.6 Å². The van der Waals surface area contributed by atoms with Crippen molar-refractivity contribution in [3.05, 3.63) is 62.7 Å². The lowest BCUT2D eigenvalue weighted by molar-refractivity contribution is 0.102. The van der Waals surface area contributed by atoms with Crippen LogP contribution in [0.2, 0.25) is 0 Å². The number of nitrogens with one attached hydrogen (secondary N) is 1. The van der Waals surface area contributed by atoms with Gasteiger partial charge in [-0.3, -0.25) is 4.79 Å². The lowest BCUT2D eigenvalue weighted by atomic mass is 10.1. The molecule has 0 fully saturated rings. The maximum absolute atomic E-state index is 13.4. The Kier molecular flexibility index (Phi) is 4.14. The molecule has 0 atom stereocenters. The number of rotatable bonds is 2. The highest BCUT2D eigenvalue weighted by Crippen LogP contribution is 2.18. The number of carbonyl (C=O) groups excluding carboxylic acids is 1. The molecule has 1 N–H and O–H groups in total. The van der Waals surface area contributed by atoms with Crippen molar-refractivity contribution in [3.63, 3.8) is 0 Å². The van der Waals surface area contributed by atoms with Crippen LogP contribution < -0.4 is 5.32 Å². The van der Waals surface area contributed by atoms with Gasteiger partial charge in [-0.15, -0.1) is 0 Å². The third kappa shape index (κ3) is 3.28. The topological polar surface area (TPSA) is 29.1 Å². The zero-order valence-corrected chi connectivity index (χ0v) is 12.2. The van der Waals surface area contributed by atoms with Gasteiger partial charge in [0, 0.05) is 15.2 Å². The van der Waals surface area contributed by atoms with Gasteiger partial charge >= 0.3 is 0 Å². The molecule has 5 heteroatoms.